The van der Waals surface area contributed by atoms with Crippen LogP contribution in [-0.4, -0.2) is 20.9 Å². The third-order valence-electron chi connectivity index (χ3n) is 3.84. The van der Waals surface area contributed by atoms with Crippen molar-refractivity contribution in [2.45, 2.75) is 6.92 Å². The van der Waals surface area contributed by atoms with Crippen molar-refractivity contribution in [1.82, 2.24) is 9.78 Å². The van der Waals surface area contributed by atoms with Gasteiger partial charge in [0.1, 0.15) is 5.69 Å². The summed E-state index contributed by atoms with van der Waals surface area (Å²) in [6.45, 7) is 9.48. The van der Waals surface area contributed by atoms with E-state index in [1.807, 2.05) is 43.3 Å². The molecule has 5 heteroatoms. The van der Waals surface area contributed by atoms with E-state index in [2.05, 4.69) is 9.94 Å². The van der Waals surface area contributed by atoms with E-state index in [-0.39, 0.29) is 5.69 Å². The molecule has 0 unspecified atom stereocenters. The number of aromatic carboxylic acids is 1. The number of aromatic nitrogens is 2. The molecule has 1 heterocycles. The van der Waals surface area contributed by atoms with Gasteiger partial charge >= 0.3 is 5.97 Å². The fourth-order valence-electron chi connectivity index (χ4n) is 2.65. The van der Waals surface area contributed by atoms with Crippen molar-refractivity contribution in [2.24, 2.45) is 7.05 Å². The molecule has 0 aliphatic rings. The molecule has 1 N–H and O–H groups in total. The summed E-state index contributed by atoms with van der Waals surface area (Å²) in [6, 6.07) is 15.0. The Kier molecular flexibility index (Phi) is 3.88. The number of benzene rings is 2. The fourth-order valence-corrected chi connectivity index (χ4v) is 2.65. The van der Waals surface area contributed by atoms with Gasteiger partial charge in [-0.3, -0.25) is 4.68 Å². The molecule has 3 rings (SSSR count). The standard InChI is InChI=1S/C19H15N3O2/c1-12-5-4-6-13(9-12)15-8-7-14(10-17(15)20-2)16-11-18(19(23)24)22(3)21-16/h4-11H,1,3H3,(H,23,24). The van der Waals surface area contributed by atoms with Gasteiger partial charge in [0.05, 0.1) is 12.3 Å². The SMILES string of the molecule is [C-]#[N+]c1cc(-c2cc(C(=O)O)n(C)n2)ccc1-c1cccc(C)c1. The van der Waals surface area contributed by atoms with Crippen molar-refractivity contribution >= 4 is 11.7 Å². The largest absolute Gasteiger partial charge is 0.477 e. The Morgan fingerprint density at radius 3 is 2.58 bits per heavy atom. The first-order valence-electron chi connectivity index (χ1n) is 7.36. The first-order valence-corrected chi connectivity index (χ1v) is 7.36. The summed E-state index contributed by atoms with van der Waals surface area (Å²) in [5.41, 5.74) is 4.85. The van der Waals surface area contributed by atoms with Crippen molar-refractivity contribution < 1.29 is 9.90 Å². The smallest absolute Gasteiger partial charge is 0.354 e. The summed E-state index contributed by atoms with van der Waals surface area (Å²) in [6.07, 6.45) is 0. The normalized spacial score (nSPS) is 10.4. The maximum Gasteiger partial charge on any atom is 0.354 e. The van der Waals surface area contributed by atoms with Gasteiger partial charge in [-0.15, -0.1) is 0 Å². The number of hydrogen-bond acceptors (Lipinski definition) is 2. The van der Waals surface area contributed by atoms with Crippen LogP contribution in [0, 0.1) is 13.5 Å². The highest BCUT2D eigenvalue weighted by atomic mass is 16.4. The zero-order chi connectivity index (χ0) is 17.3. The van der Waals surface area contributed by atoms with E-state index in [4.69, 9.17) is 11.7 Å². The van der Waals surface area contributed by atoms with Gasteiger partial charge in [0.25, 0.3) is 0 Å². The van der Waals surface area contributed by atoms with E-state index < -0.39 is 5.97 Å². The van der Waals surface area contributed by atoms with E-state index in [0.29, 0.717) is 11.4 Å². The van der Waals surface area contributed by atoms with Gasteiger partial charge in [-0.1, -0.05) is 42.0 Å². The lowest BCUT2D eigenvalue weighted by molar-refractivity contribution is 0.0685. The summed E-state index contributed by atoms with van der Waals surface area (Å²) in [5.74, 6) is -1.03. The van der Waals surface area contributed by atoms with Gasteiger partial charge in [-0.25, -0.2) is 9.64 Å². The minimum absolute atomic E-state index is 0.108. The Hall–Kier alpha value is -3.39. The molecule has 0 amide bonds. The first kappa shape index (κ1) is 15.5. The van der Waals surface area contributed by atoms with Crippen molar-refractivity contribution in [1.29, 1.82) is 0 Å². The van der Waals surface area contributed by atoms with E-state index in [1.165, 1.54) is 10.7 Å². The highest BCUT2D eigenvalue weighted by Gasteiger charge is 2.14. The lowest BCUT2D eigenvalue weighted by atomic mass is 9.99. The van der Waals surface area contributed by atoms with Crippen LogP contribution in [0.3, 0.4) is 0 Å². The first-order chi connectivity index (χ1) is 11.5. The summed E-state index contributed by atoms with van der Waals surface area (Å²) < 4.78 is 1.32. The van der Waals surface area contributed by atoms with Crippen LogP contribution in [0.15, 0.2) is 48.5 Å². The Balaban J connectivity index is 2.09. The minimum Gasteiger partial charge on any atom is -0.477 e. The maximum atomic E-state index is 11.2. The molecule has 0 atom stereocenters. The number of carboxylic acid groups (broad SMARTS) is 1. The monoisotopic (exact) mass is 317 g/mol. The van der Waals surface area contributed by atoms with Crippen molar-refractivity contribution in [3.05, 3.63) is 71.2 Å². The molecule has 0 spiro atoms. The minimum atomic E-state index is -1.03. The summed E-state index contributed by atoms with van der Waals surface area (Å²) >= 11 is 0. The van der Waals surface area contributed by atoms with Crippen LogP contribution in [0.25, 0.3) is 27.2 Å². The van der Waals surface area contributed by atoms with Gasteiger partial charge in [-0.05, 0) is 35.7 Å². The van der Waals surface area contributed by atoms with Crippen LogP contribution < -0.4 is 0 Å². The molecule has 0 aliphatic heterocycles. The molecule has 24 heavy (non-hydrogen) atoms. The lowest BCUT2D eigenvalue weighted by Crippen LogP contribution is -2.04. The topological polar surface area (TPSA) is 59.5 Å². The molecule has 0 saturated heterocycles. The summed E-state index contributed by atoms with van der Waals surface area (Å²) in [4.78, 5) is 14.8. The van der Waals surface area contributed by atoms with Crippen molar-refractivity contribution in [3.63, 3.8) is 0 Å². The predicted octanol–water partition coefficient (Wildman–Crippen LogP) is 4.31. The predicted molar refractivity (Wildman–Crippen MR) is 92.0 cm³/mol. The maximum absolute atomic E-state index is 11.2. The number of hydrogen-bond donors (Lipinski definition) is 1. The van der Waals surface area contributed by atoms with Gasteiger partial charge in [0.15, 0.2) is 5.69 Å². The molecule has 5 nitrogen and oxygen atoms in total. The quantitative estimate of drug-likeness (QED) is 0.732. The van der Waals surface area contributed by atoms with Gasteiger partial charge in [-0.2, -0.15) is 5.10 Å². The van der Waals surface area contributed by atoms with Crippen LogP contribution in [0.1, 0.15) is 16.1 Å². The molecule has 1 aromatic heterocycles. The average Bonchev–Trinajstić information content (AvgIpc) is 2.96. The molecule has 3 aromatic rings. The van der Waals surface area contributed by atoms with E-state index >= 15 is 0 Å². The van der Waals surface area contributed by atoms with Gasteiger partial charge in [0, 0.05) is 7.05 Å². The molecule has 0 aliphatic carbocycles. The van der Waals surface area contributed by atoms with Crippen LogP contribution in [0.4, 0.5) is 5.69 Å². The third-order valence-corrected chi connectivity index (χ3v) is 3.84. The molecule has 0 radical (unpaired) electrons. The third kappa shape index (κ3) is 2.77. The van der Waals surface area contributed by atoms with Crippen LogP contribution in [-0.2, 0) is 7.05 Å². The molecule has 0 bridgehead atoms. The van der Waals surface area contributed by atoms with E-state index in [0.717, 1.165) is 22.3 Å². The van der Waals surface area contributed by atoms with Crippen molar-refractivity contribution in [2.75, 3.05) is 0 Å². The van der Waals surface area contributed by atoms with Crippen LogP contribution in [0.5, 0.6) is 0 Å². The molecular formula is C19H15N3O2. The Labute approximate surface area is 139 Å². The number of aryl methyl sites for hydroxylation is 2. The molecule has 0 fully saturated rings. The highest BCUT2D eigenvalue weighted by Crippen LogP contribution is 2.34. The second kappa shape index (κ2) is 6.01. The van der Waals surface area contributed by atoms with Crippen molar-refractivity contribution in [3.8, 4) is 22.4 Å². The van der Waals surface area contributed by atoms with E-state index in [1.54, 1.807) is 13.1 Å². The number of rotatable bonds is 3. The number of carboxylic acids is 1. The Morgan fingerprint density at radius 2 is 1.96 bits per heavy atom. The second-order valence-corrected chi connectivity index (χ2v) is 5.56. The van der Waals surface area contributed by atoms with Gasteiger partial charge in [0.2, 0.25) is 0 Å². The van der Waals surface area contributed by atoms with E-state index in [9.17, 15) is 4.79 Å². The number of carbonyl (C=O) groups is 1. The summed E-state index contributed by atoms with van der Waals surface area (Å²) in [5, 5.41) is 13.4. The Morgan fingerprint density at radius 1 is 1.17 bits per heavy atom. The number of nitrogens with zero attached hydrogens (tertiary/aromatic N) is 3. The lowest BCUT2D eigenvalue weighted by Gasteiger charge is -2.07. The molecule has 118 valence electrons. The Bertz CT molecular complexity index is 981. The molecular weight excluding hydrogens is 302 g/mol. The summed E-state index contributed by atoms with van der Waals surface area (Å²) in [7, 11) is 1.59. The zero-order valence-corrected chi connectivity index (χ0v) is 13.3. The van der Waals surface area contributed by atoms with Crippen LogP contribution in [0.2, 0.25) is 0 Å². The molecule has 2 aromatic carbocycles. The highest BCUT2D eigenvalue weighted by molar-refractivity contribution is 5.88. The molecule has 0 saturated carbocycles. The second-order valence-electron chi connectivity index (χ2n) is 5.56. The average molecular weight is 317 g/mol. The fraction of sp³-hybridized carbons (Fsp3) is 0.105. The zero-order valence-electron chi connectivity index (χ0n) is 13.3. The van der Waals surface area contributed by atoms with Crippen LogP contribution >= 0.6 is 0 Å². The van der Waals surface area contributed by atoms with Gasteiger partial charge < -0.3 is 5.11 Å².